The summed E-state index contributed by atoms with van der Waals surface area (Å²) >= 11 is 0. The van der Waals surface area contributed by atoms with Gasteiger partial charge in [0, 0.05) is 48.1 Å². The number of pyridine rings is 1. The minimum Gasteiger partial charge on any atom is -0.379 e. The highest BCUT2D eigenvalue weighted by Gasteiger charge is 2.26. The first-order valence-corrected chi connectivity index (χ1v) is 11.9. The molecule has 172 valence electrons. The van der Waals surface area contributed by atoms with Crippen molar-refractivity contribution in [2.45, 2.75) is 18.7 Å². The number of rotatable bonds is 6. The van der Waals surface area contributed by atoms with Gasteiger partial charge in [0.05, 0.1) is 29.9 Å². The Balaban J connectivity index is 1.57. The maximum Gasteiger partial charge on any atom is 0.272 e. The second-order valence-electron chi connectivity index (χ2n) is 7.62. The van der Waals surface area contributed by atoms with Crippen LogP contribution in [0.5, 0.6) is 0 Å². The second-order valence-corrected chi connectivity index (χ2v) is 9.55. The maximum atomic E-state index is 13.1. The van der Waals surface area contributed by atoms with Crippen LogP contribution in [0.1, 0.15) is 27.3 Å². The topological polar surface area (TPSA) is 106 Å². The highest BCUT2D eigenvalue weighted by molar-refractivity contribution is 7.89. The van der Waals surface area contributed by atoms with Crippen molar-refractivity contribution in [2.24, 2.45) is 5.10 Å². The van der Waals surface area contributed by atoms with Gasteiger partial charge in [0.25, 0.3) is 5.91 Å². The molecule has 1 aliphatic heterocycles. The van der Waals surface area contributed by atoms with Crippen LogP contribution in [0, 0.1) is 13.8 Å². The molecule has 9 nitrogen and oxygen atoms in total. The average Bonchev–Trinajstić information content (AvgIpc) is 3.13. The quantitative estimate of drug-likeness (QED) is 0.442. The molecule has 0 atom stereocenters. The summed E-state index contributed by atoms with van der Waals surface area (Å²) < 4.78 is 34.8. The molecular formula is C23H25N5O4S. The van der Waals surface area contributed by atoms with Crippen LogP contribution < -0.4 is 5.43 Å². The standard InChI is InChI=1S/C23H25N5O4S/c1-17-13-20(16-25-26-23(29)19-5-4-8-24-15-19)18(2)28(17)21-6-3-7-22(14-21)33(30,31)27-9-11-32-12-10-27/h3-8,13-16H,9-12H2,1-2H3,(H,26,29). The van der Waals surface area contributed by atoms with E-state index in [0.29, 0.717) is 31.9 Å². The van der Waals surface area contributed by atoms with Gasteiger partial charge in [-0.2, -0.15) is 9.41 Å². The molecule has 0 saturated carbocycles. The molecule has 1 amide bonds. The zero-order chi connectivity index (χ0) is 23.4. The Hall–Kier alpha value is -3.34. The molecule has 0 radical (unpaired) electrons. The van der Waals surface area contributed by atoms with Gasteiger partial charge in [-0.15, -0.1) is 0 Å². The number of carbonyl (C=O) groups is 1. The molecule has 3 aromatic rings. The number of aromatic nitrogens is 2. The lowest BCUT2D eigenvalue weighted by Gasteiger charge is -2.26. The number of hydrogen-bond acceptors (Lipinski definition) is 6. The van der Waals surface area contributed by atoms with Crippen molar-refractivity contribution < 1.29 is 17.9 Å². The lowest BCUT2D eigenvalue weighted by molar-refractivity contribution is 0.0730. The highest BCUT2D eigenvalue weighted by Crippen LogP contribution is 2.24. The fourth-order valence-electron chi connectivity index (χ4n) is 3.76. The van der Waals surface area contributed by atoms with Crippen LogP contribution in [0.2, 0.25) is 0 Å². The van der Waals surface area contributed by atoms with Crippen molar-refractivity contribution in [1.82, 2.24) is 19.3 Å². The molecule has 4 rings (SSSR count). The Morgan fingerprint density at radius 2 is 1.94 bits per heavy atom. The largest absolute Gasteiger partial charge is 0.379 e. The zero-order valence-corrected chi connectivity index (χ0v) is 19.2. The van der Waals surface area contributed by atoms with E-state index in [-0.39, 0.29) is 10.8 Å². The van der Waals surface area contributed by atoms with Crippen molar-refractivity contribution in [1.29, 1.82) is 0 Å². The number of morpholine rings is 1. The number of nitrogens with one attached hydrogen (secondary N) is 1. The van der Waals surface area contributed by atoms with Gasteiger partial charge in [0.1, 0.15) is 0 Å². The number of amides is 1. The van der Waals surface area contributed by atoms with Crippen LogP contribution in [-0.4, -0.2) is 60.7 Å². The minimum absolute atomic E-state index is 0.244. The third-order valence-electron chi connectivity index (χ3n) is 5.45. The minimum atomic E-state index is -3.60. The Bertz CT molecular complexity index is 1280. The Kier molecular flexibility index (Phi) is 6.68. The van der Waals surface area contributed by atoms with Gasteiger partial charge in [-0.25, -0.2) is 13.8 Å². The monoisotopic (exact) mass is 467 g/mol. The van der Waals surface area contributed by atoms with Crippen LogP contribution in [0.15, 0.2) is 64.9 Å². The molecule has 0 spiro atoms. The molecule has 3 heterocycles. The van der Waals surface area contributed by atoms with Crippen LogP contribution in [0.3, 0.4) is 0 Å². The lowest BCUT2D eigenvalue weighted by Crippen LogP contribution is -2.40. The van der Waals surface area contributed by atoms with Crippen LogP contribution >= 0.6 is 0 Å². The fourth-order valence-corrected chi connectivity index (χ4v) is 5.20. The average molecular weight is 468 g/mol. The van der Waals surface area contributed by atoms with Crippen molar-refractivity contribution >= 4 is 22.1 Å². The Morgan fingerprint density at radius 3 is 2.67 bits per heavy atom. The summed E-state index contributed by atoms with van der Waals surface area (Å²) in [6.07, 6.45) is 4.63. The number of sulfonamides is 1. The van der Waals surface area contributed by atoms with E-state index in [2.05, 4.69) is 15.5 Å². The molecule has 33 heavy (non-hydrogen) atoms. The Morgan fingerprint density at radius 1 is 1.15 bits per heavy atom. The van der Waals surface area contributed by atoms with E-state index < -0.39 is 10.0 Å². The van der Waals surface area contributed by atoms with Gasteiger partial charge >= 0.3 is 0 Å². The molecule has 0 unspecified atom stereocenters. The summed E-state index contributed by atoms with van der Waals surface area (Å²) in [5, 5.41) is 4.06. The Labute approximate surface area is 192 Å². The van der Waals surface area contributed by atoms with Gasteiger partial charge in [-0.05, 0) is 50.2 Å². The predicted octanol–water partition coefficient (Wildman–Crippen LogP) is 2.27. The van der Waals surface area contributed by atoms with Crippen LogP contribution in [0.25, 0.3) is 5.69 Å². The van der Waals surface area contributed by atoms with Gasteiger partial charge in [-0.1, -0.05) is 6.07 Å². The zero-order valence-electron chi connectivity index (χ0n) is 18.4. The van der Waals surface area contributed by atoms with Gasteiger partial charge in [0.2, 0.25) is 10.0 Å². The summed E-state index contributed by atoms with van der Waals surface area (Å²) in [5.41, 5.74) is 6.23. The van der Waals surface area contributed by atoms with E-state index in [1.165, 1.54) is 10.5 Å². The van der Waals surface area contributed by atoms with Gasteiger partial charge < -0.3 is 9.30 Å². The number of carbonyl (C=O) groups excluding carboxylic acids is 1. The van der Waals surface area contributed by atoms with Gasteiger partial charge in [-0.3, -0.25) is 9.78 Å². The normalized spacial score (nSPS) is 15.1. The first-order valence-electron chi connectivity index (χ1n) is 10.5. The molecular weight excluding hydrogens is 442 g/mol. The number of hydrogen-bond donors (Lipinski definition) is 1. The van der Waals surface area contributed by atoms with E-state index in [4.69, 9.17) is 4.74 Å². The van der Waals surface area contributed by atoms with Crippen molar-refractivity contribution in [3.05, 3.63) is 77.4 Å². The summed E-state index contributed by atoms with van der Waals surface area (Å²) in [6, 6.07) is 12.2. The predicted molar refractivity (Wildman–Crippen MR) is 124 cm³/mol. The summed E-state index contributed by atoms with van der Waals surface area (Å²) in [4.78, 5) is 16.3. The number of ether oxygens (including phenoxy) is 1. The third-order valence-corrected chi connectivity index (χ3v) is 7.34. The molecule has 1 saturated heterocycles. The van der Waals surface area contributed by atoms with E-state index >= 15 is 0 Å². The molecule has 0 aliphatic carbocycles. The van der Waals surface area contributed by atoms with E-state index in [9.17, 15) is 13.2 Å². The van der Waals surface area contributed by atoms with E-state index in [1.807, 2.05) is 30.5 Å². The van der Waals surface area contributed by atoms with E-state index in [0.717, 1.165) is 22.6 Å². The number of hydrazone groups is 1. The maximum absolute atomic E-state index is 13.1. The molecule has 1 fully saturated rings. The molecule has 1 aromatic carbocycles. The van der Waals surface area contributed by atoms with Crippen LogP contribution in [-0.2, 0) is 14.8 Å². The molecule has 1 aliphatic rings. The third kappa shape index (κ3) is 4.87. The first kappa shape index (κ1) is 22.8. The summed E-state index contributed by atoms with van der Waals surface area (Å²) in [6.45, 7) is 5.34. The molecule has 2 aromatic heterocycles. The van der Waals surface area contributed by atoms with Crippen molar-refractivity contribution in [3.63, 3.8) is 0 Å². The summed E-state index contributed by atoms with van der Waals surface area (Å²) in [7, 11) is -3.60. The molecule has 10 heteroatoms. The number of aryl methyl sites for hydroxylation is 1. The fraction of sp³-hybridized carbons (Fsp3) is 0.261. The van der Waals surface area contributed by atoms with Gasteiger partial charge in [0.15, 0.2) is 0 Å². The highest BCUT2D eigenvalue weighted by atomic mass is 32.2. The van der Waals surface area contributed by atoms with Crippen molar-refractivity contribution in [3.8, 4) is 5.69 Å². The van der Waals surface area contributed by atoms with E-state index in [1.54, 1.807) is 42.7 Å². The van der Waals surface area contributed by atoms with Crippen molar-refractivity contribution in [2.75, 3.05) is 26.3 Å². The summed E-state index contributed by atoms with van der Waals surface area (Å²) in [5.74, 6) is -0.353. The smallest absolute Gasteiger partial charge is 0.272 e. The molecule has 1 N–H and O–H groups in total. The SMILES string of the molecule is Cc1cc(C=NNC(=O)c2cccnc2)c(C)n1-c1cccc(S(=O)(=O)N2CCOCC2)c1. The lowest BCUT2D eigenvalue weighted by atomic mass is 10.2. The molecule has 0 bridgehead atoms. The van der Waals surface area contributed by atoms with Crippen LogP contribution in [0.4, 0.5) is 0 Å². The number of nitrogens with zero attached hydrogens (tertiary/aromatic N) is 4. The first-order chi connectivity index (χ1) is 15.9. The second kappa shape index (κ2) is 9.65. The number of benzene rings is 1.